The number of ether oxygens (including phenoxy) is 3. The van der Waals surface area contributed by atoms with Crippen molar-refractivity contribution in [3.63, 3.8) is 0 Å². The summed E-state index contributed by atoms with van der Waals surface area (Å²) in [5, 5.41) is 3.19. The summed E-state index contributed by atoms with van der Waals surface area (Å²) >= 11 is 0. The molecule has 0 saturated carbocycles. The van der Waals surface area contributed by atoms with Gasteiger partial charge in [0.05, 0.1) is 19.6 Å². The lowest BCUT2D eigenvalue weighted by molar-refractivity contribution is -0.122. The Morgan fingerprint density at radius 1 is 0.941 bits per heavy atom. The summed E-state index contributed by atoms with van der Waals surface area (Å²) in [5.74, 6) is 0.803. The minimum atomic E-state index is -0.914. The summed E-state index contributed by atoms with van der Waals surface area (Å²) < 4.78 is 22.9. The molecule has 0 aliphatic rings. The summed E-state index contributed by atoms with van der Waals surface area (Å²) in [6, 6.07) is 21.1. The maximum atomic E-state index is 13.5. The van der Waals surface area contributed by atoms with Gasteiger partial charge in [-0.15, -0.1) is 0 Å². The van der Waals surface area contributed by atoms with Crippen LogP contribution in [0.1, 0.15) is 13.3 Å². The number of rotatable bonds is 8. The maximum absolute atomic E-state index is 13.5. The zero-order valence-electron chi connectivity index (χ0n) is 19.2. The molecule has 0 fully saturated rings. The van der Waals surface area contributed by atoms with E-state index in [9.17, 15) is 9.59 Å². The molecule has 0 radical (unpaired) electrons. The number of hydrogen-bond acceptors (Lipinski definition) is 6. The quantitative estimate of drug-likeness (QED) is 0.386. The van der Waals surface area contributed by atoms with Crippen LogP contribution in [0.4, 0.5) is 5.69 Å². The second kappa shape index (κ2) is 10.1. The molecular weight excluding hydrogens is 434 g/mol. The van der Waals surface area contributed by atoms with E-state index in [2.05, 4.69) is 5.32 Å². The summed E-state index contributed by atoms with van der Waals surface area (Å²) in [4.78, 5) is 26.4. The smallest absolute Gasteiger partial charge is 0.265 e. The molecule has 0 spiro atoms. The average molecular weight is 459 g/mol. The molecule has 0 saturated heterocycles. The van der Waals surface area contributed by atoms with Crippen molar-refractivity contribution in [3.8, 4) is 28.6 Å². The highest BCUT2D eigenvalue weighted by atomic mass is 16.5. The van der Waals surface area contributed by atoms with Crippen molar-refractivity contribution < 1.29 is 23.4 Å². The largest absolute Gasteiger partial charge is 0.493 e. The van der Waals surface area contributed by atoms with Crippen molar-refractivity contribution >= 4 is 22.6 Å². The number of carbonyl (C=O) groups excluding carboxylic acids is 1. The SMILES string of the molecule is CCC(Oc1c(-c2ccc(OC)c(OC)c2)oc2ccccc2c1=O)C(=O)Nc1ccccc1. The van der Waals surface area contributed by atoms with Crippen LogP contribution in [0, 0.1) is 0 Å². The first-order valence-corrected chi connectivity index (χ1v) is 10.9. The van der Waals surface area contributed by atoms with Gasteiger partial charge in [-0.3, -0.25) is 9.59 Å². The molecule has 1 aromatic heterocycles. The van der Waals surface area contributed by atoms with E-state index in [4.69, 9.17) is 18.6 Å². The van der Waals surface area contributed by atoms with Gasteiger partial charge in [0, 0.05) is 11.3 Å². The van der Waals surface area contributed by atoms with Gasteiger partial charge in [0.1, 0.15) is 5.58 Å². The monoisotopic (exact) mass is 459 g/mol. The highest BCUT2D eigenvalue weighted by Crippen LogP contribution is 2.37. The van der Waals surface area contributed by atoms with Crippen LogP contribution in [0.2, 0.25) is 0 Å². The van der Waals surface area contributed by atoms with Gasteiger partial charge >= 0.3 is 0 Å². The molecule has 4 rings (SSSR count). The van der Waals surface area contributed by atoms with Crippen LogP contribution in [0.5, 0.6) is 17.2 Å². The molecule has 34 heavy (non-hydrogen) atoms. The molecule has 0 bridgehead atoms. The van der Waals surface area contributed by atoms with Crippen LogP contribution < -0.4 is 25.0 Å². The van der Waals surface area contributed by atoms with Crippen LogP contribution in [-0.4, -0.2) is 26.2 Å². The summed E-state index contributed by atoms with van der Waals surface area (Å²) in [6.45, 7) is 1.81. The number of amides is 1. The topological polar surface area (TPSA) is 87.0 Å². The van der Waals surface area contributed by atoms with E-state index in [1.54, 1.807) is 61.7 Å². The Morgan fingerprint density at radius 2 is 1.65 bits per heavy atom. The van der Waals surface area contributed by atoms with Crippen molar-refractivity contribution in [1.82, 2.24) is 0 Å². The Kier molecular flexibility index (Phi) is 6.82. The Balaban J connectivity index is 1.80. The van der Waals surface area contributed by atoms with Crippen molar-refractivity contribution in [2.75, 3.05) is 19.5 Å². The fourth-order valence-corrected chi connectivity index (χ4v) is 3.61. The van der Waals surface area contributed by atoms with Crippen molar-refractivity contribution in [3.05, 3.63) is 83.0 Å². The molecule has 0 aliphatic heterocycles. The Bertz CT molecular complexity index is 1360. The molecule has 7 heteroatoms. The van der Waals surface area contributed by atoms with Gasteiger partial charge in [-0.25, -0.2) is 0 Å². The third kappa shape index (κ3) is 4.59. The molecular formula is C27H25NO6. The highest BCUT2D eigenvalue weighted by molar-refractivity contribution is 5.94. The van der Waals surface area contributed by atoms with Gasteiger partial charge in [-0.1, -0.05) is 37.3 Å². The van der Waals surface area contributed by atoms with Gasteiger partial charge in [-0.2, -0.15) is 0 Å². The predicted octanol–water partition coefficient (Wildman–Crippen LogP) is 5.27. The van der Waals surface area contributed by atoms with E-state index in [-0.39, 0.29) is 22.8 Å². The molecule has 1 unspecified atom stereocenters. The first-order valence-electron chi connectivity index (χ1n) is 10.9. The van der Waals surface area contributed by atoms with Gasteiger partial charge in [-0.05, 0) is 48.9 Å². The Morgan fingerprint density at radius 3 is 2.35 bits per heavy atom. The van der Waals surface area contributed by atoms with Gasteiger partial charge < -0.3 is 23.9 Å². The first-order chi connectivity index (χ1) is 16.5. The van der Waals surface area contributed by atoms with Crippen LogP contribution in [0.3, 0.4) is 0 Å². The summed E-state index contributed by atoms with van der Waals surface area (Å²) in [6.07, 6.45) is -0.570. The number of fused-ring (bicyclic) bond motifs is 1. The molecule has 7 nitrogen and oxygen atoms in total. The van der Waals surface area contributed by atoms with Gasteiger partial charge in [0.2, 0.25) is 11.2 Å². The Hall–Kier alpha value is -4.26. The van der Waals surface area contributed by atoms with Crippen molar-refractivity contribution in [2.45, 2.75) is 19.4 Å². The summed E-state index contributed by atoms with van der Waals surface area (Å²) in [7, 11) is 3.07. The number of nitrogens with one attached hydrogen (secondary N) is 1. The molecule has 1 N–H and O–H groups in total. The highest BCUT2D eigenvalue weighted by Gasteiger charge is 2.25. The van der Waals surface area contributed by atoms with E-state index in [0.29, 0.717) is 40.1 Å². The normalized spacial score (nSPS) is 11.6. The average Bonchev–Trinajstić information content (AvgIpc) is 2.88. The lowest BCUT2D eigenvalue weighted by atomic mass is 10.1. The molecule has 4 aromatic rings. The third-order valence-electron chi connectivity index (χ3n) is 5.37. The summed E-state index contributed by atoms with van der Waals surface area (Å²) in [5.41, 5.74) is 1.23. The Labute approximate surface area is 196 Å². The number of carbonyl (C=O) groups is 1. The lowest BCUT2D eigenvalue weighted by Crippen LogP contribution is -2.34. The first kappa shape index (κ1) is 22.9. The number of anilines is 1. The fraction of sp³-hybridized carbons (Fsp3) is 0.185. The predicted molar refractivity (Wildman–Crippen MR) is 131 cm³/mol. The molecule has 3 aromatic carbocycles. The molecule has 1 atom stereocenters. The van der Waals surface area contributed by atoms with Crippen LogP contribution in [0.25, 0.3) is 22.3 Å². The number of methoxy groups -OCH3 is 2. The van der Waals surface area contributed by atoms with E-state index in [0.717, 1.165) is 0 Å². The van der Waals surface area contributed by atoms with E-state index >= 15 is 0 Å². The second-order valence-corrected chi connectivity index (χ2v) is 7.53. The van der Waals surface area contributed by atoms with Crippen molar-refractivity contribution in [1.29, 1.82) is 0 Å². The van der Waals surface area contributed by atoms with Crippen LogP contribution in [-0.2, 0) is 4.79 Å². The lowest BCUT2D eigenvalue weighted by Gasteiger charge is -2.19. The molecule has 174 valence electrons. The van der Waals surface area contributed by atoms with Gasteiger partial charge in [0.15, 0.2) is 23.4 Å². The second-order valence-electron chi connectivity index (χ2n) is 7.53. The zero-order valence-corrected chi connectivity index (χ0v) is 19.2. The van der Waals surface area contributed by atoms with E-state index < -0.39 is 6.10 Å². The number of hydrogen-bond donors (Lipinski definition) is 1. The van der Waals surface area contributed by atoms with E-state index in [1.807, 2.05) is 25.1 Å². The van der Waals surface area contributed by atoms with Crippen molar-refractivity contribution in [2.24, 2.45) is 0 Å². The van der Waals surface area contributed by atoms with Gasteiger partial charge in [0.25, 0.3) is 5.91 Å². The van der Waals surface area contributed by atoms with Crippen LogP contribution >= 0.6 is 0 Å². The zero-order chi connectivity index (χ0) is 24.1. The number of benzene rings is 3. The number of para-hydroxylation sites is 2. The minimum Gasteiger partial charge on any atom is -0.493 e. The fourth-order valence-electron chi connectivity index (χ4n) is 3.61. The molecule has 0 aliphatic carbocycles. The molecule has 1 heterocycles. The van der Waals surface area contributed by atoms with Crippen LogP contribution in [0.15, 0.2) is 82.0 Å². The third-order valence-corrected chi connectivity index (χ3v) is 5.37. The standard InChI is InChI=1S/C27H25NO6/c1-4-20(27(30)28-18-10-6-5-7-11-18)33-26-24(29)19-12-8-9-13-21(19)34-25(26)17-14-15-22(31-2)23(16-17)32-3/h5-16,20H,4H2,1-3H3,(H,28,30). The maximum Gasteiger partial charge on any atom is 0.265 e. The minimum absolute atomic E-state index is 0.0408. The molecule has 1 amide bonds. The van der Waals surface area contributed by atoms with E-state index in [1.165, 1.54) is 7.11 Å².